The molecule has 1 aliphatic heterocycles. The van der Waals surface area contributed by atoms with E-state index in [1.165, 1.54) is 6.20 Å². The highest BCUT2D eigenvalue weighted by molar-refractivity contribution is 7.91. The lowest BCUT2D eigenvalue weighted by molar-refractivity contribution is 0.224. The van der Waals surface area contributed by atoms with Crippen LogP contribution in [0.25, 0.3) is 0 Å². The zero-order chi connectivity index (χ0) is 15.2. The Balaban J connectivity index is 2.35. The van der Waals surface area contributed by atoms with Gasteiger partial charge < -0.3 is 4.74 Å². The van der Waals surface area contributed by atoms with E-state index in [9.17, 15) is 8.42 Å². The minimum atomic E-state index is -3.60. The van der Waals surface area contributed by atoms with Gasteiger partial charge in [-0.25, -0.2) is 17.5 Å². The molecule has 1 N–H and O–H groups in total. The number of fused-ring (bicyclic) bond motifs is 1. The number of aromatic nitrogens is 2. The van der Waals surface area contributed by atoms with E-state index < -0.39 is 18.3 Å². The van der Waals surface area contributed by atoms with Crippen molar-refractivity contribution in [2.45, 2.75) is 56.8 Å². The van der Waals surface area contributed by atoms with Gasteiger partial charge in [0.25, 0.3) is 0 Å². The van der Waals surface area contributed by atoms with E-state index in [1.54, 1.807) is 4.68 Å². The van der Waals surface area contributed by atoms with Crippen LogP contribution >= 0.6 is 0 Å². The molecule has 1 aromatic rings. The number of sulfonamides is 1. The lowest BCUT2D eigenvalue weighted by atomic mass is 10.2. The molecule has 0 saturated carbocycles. The van der Waals surface area contributed by atoms with E-state index in [4.69, 9.17) is 4.74 Å². The van der Waals surface area contributed by atoms with Crippen LogP contribution in [0.2, 0.25) is 18.1 Å². The molecule has 0 radical (unpaired) electrons. The van der Waals surface area contributed by atoms with Crippen LogP contribution in [0.15, 0.2) is 11.1 Å². The molecule has 0 aromatic carbocycles. The van der Waals surface area contributed by atoms with Crippen molar-refractivity contribution in [1.82, 2.24) is 14.2 Å². The minimum Gasteiger partial charge on any atom is -0.477 e. The van der Waals surface area contributed by atoms with E-state index in [-0.39, 0.29) is 9.93 Å². The van der Waals surface area contributed by atoms with Crippen LogP contribution in [0, 0.1) is 0 Å². The van der Waals surface area contributed by atoms with Gasteiger partial charge in [0.1, 0.15) is 8.24 Å². The summed E-state index contributed by atoms with van der Waals surface area (Å²) in [5, 5.41) is 4.03. The average molecular weight is 317 g/mol. The van der Waals surface area contributed by atoms with Crippen LogP contribution < -0.4 is 9.12 Å². The Kier molecular flexibility index (Phi) is 3.77. The number of nitrogens with zero attached hydrogens (tertiary/aromatic N) is 2. The Morgan fingerprint density at radius 3 is 2.65 bits per heavy atom. The average Bonchev–Trinajstić information content (AvgIpc) is 2.70. The molecule has 0 unspecified atom stereocenters. The Morgan fingerprint density at radius 1 is 1.40 bits per heavy atom. The Hall–Kier alpha value is -0.863. The van der Waals surface area contributed by atoms with Gasteiger partial charge in [0.2, 0.25) is 15.9 Å². The van der Waals surface area contributed by atoms with E-state index >= 15 is 0 Å². The van der Waals surface area contributed by atoms with Crippen molar-refractivity contribution in [1.29, 1.82) is 0 Å². The summed E-state index contributed by atoms with van der Waals surface area (Å²) >= 11 is 0. The third-order valence-corrected chi connectivity index (χ3v) is 11.8. The molecule has 1 aliphatic rings. The fraction of sp³-hybridized carbons (Fsp3) is 0.750. The molecule has 8 heteroatoms. The summed E-state index contributed by atoms with van der Waals surface area (Å²) in [4.78, 5) is 0.155. The van der Waals surface area contributed by atoms with Crippen LogP contribution in [-0.2, 0) is 16.6 Å². The maximum absolute atomic E-state index is 12.6. The maximum atomic E-state index is 12.6. The molecule has 0 bridgehead atoms. The zero-order valence-corrected chi connectivity index (χ0v) is 14.5. The van der Waals surface area contributed by atoms with Crippen molar-refractivity contribution in [2.24, 2.45) is 0 Å². The first-order chi connectivity index (χ1) is 9.05. The van der Waals surface area contributed by atoms with Gasteiger partial charge in [-0.05, 0) is 5.04 Å². The number of nitrogens with one attached hydrogen (secondary N) is 1. The number of aryl methyl sites for hydroxylation is 1. The predicted octanol–water partition coefficient (Wildman–Crippen LogP) is 1.95. The molecule has 0 fully saturated rings. The summed E-state index contributed by atoms with van der Waals surface area (Å²) in [6.07, 6.45) is 2.24. The lowest BCUT2D eigenvalue weighted by Crippen LogP contribution is -2.54. The first-order valence-corrected chi connectivity index (χ1v) is 11.3. The smallest absolute Gasteiger partial charge is 0.241 e. The molecule has 0 spiro atoms. The fourth-order valence-corrected chi connectivity index (χ4v) is 6.71. The van der Waals surface area contributed by atoms with Crippen LogP contribution in [0.1, 0.15) is 27.2 Å². The predicted molar refractivity (Wildman–Crippen MR) is 79.9 cm³/mol. The van der Waals surface area contributed by atoms with Gasteiger partial charge in [-0.15, -0.1) is 0 Å². The molecule has 0 saturated heterocycles. The first kappa shape index (κ1) is 15.5. The van der Waals surface area contributed by atoms with Crippen LogP contribution in [0.5, 0.6) is 5.88 Å². The largest absolute Gasteiger partial charge is 0.477 e. The molecule has 1 aromatic heterocycles. The quantitative estimate of drug-likeness (QED) is 0.865. The van der Waals surface area contributed by atoms with Crippen LogP contribution in [-0.4, -0.2) is 33.0 Å². The summed E-state index contributed by atoms with van der Waals surface area (Å²) in [7, 11) is -5.77. The van der Waals surface area contributed by atoms with Crippen LogP contribution in [0.4, 0.5) is 0 Å². The minimum absolute atomic E-state index is 0.0752. The highest BCUT2D eigenvalue weighted by Crippen LogP contribution is 2.36. The normalized spacial score (nSPS) is 16.6. The molecule has 0 amide bonds. The highest BCUT2D eigenvalue weighted by Gasteiger charge is 2.41. The molecular formula is C12H23N3O3SSi. The highest BCUT2D eigenvalue weighted by atomic mass is 32.2. The van der Waals surface area contributed by atoms with Crippen molar-refractivity contribution in [3.8, 4) is 5.88 Å². The Bertz CT molecular complexity index is 602. The molecule has 0 aliphatic carbocycles. The summed E-state index contributed by atoms with van der Waals surface area (Å²) in [6.45, 7) is 11.4. The first-order valence-electron chi connectivity index (χ1n) is 6.77. The topological polar surface area (TPSA) is 73.2 Å². The van der Waals surface area contributed by atoms with Crippen molar-refractivity contribution < 1.29 is 13.2 Å². The third-order valence-electron chi connectivity index (χ3n) is 4.07. The van der Waals surface area contributed by atoms with E-state index in [0.717, 1.165) is 6.42 Å². The molecular weight excluding hydrogens is 294 g/mol. The van der Waals surface area contributed by atoms with Crippen molar-refractivity contribution in [3.63, 3.8) is 0 Å². The Morgan fingerprint density at radius 2 is 2.05 bits per heavy atom. The molecule has 20 heavy (non-hydrogen) atoms. The second-order valence-electron chi connectivity index (χ2n) is 6.72. The molecule has 0 atom stereocenters. The molecule has 114 valence electrons. The van der Waals surface area contributed by atoms with Gasteiger partial charge in [0.05, 0.1) is 12.8 Å². The summed E-state index contributed by atoms with van der Waals surface area (Å²) < 4.78 is 35.2. The number of rotatable bonds is 3. The fourth-order valence-electron chi connectivity index (χ4n) is 1.77. The lowest BCUT2D eigenvalue weighted by Gasteiger charge is -2.36. The molecule has 2 rings (SSSR count). The van der Waals surface area contributed by atoms with Gasteiger partial charge in [-0.1, -0.05) is 33.9 Å². The van der Waals surface area contributed by atoms with Gasteiger partial charge in [-0.2, -0.15) is 5.10 Å². The second kappa shape index (κ2) is 4.85. The maximum Gasteiger partial charge on any atom is 0.241 e. The van der Waals surface area contributed by atoms with Crippen LogP contribution in [0.3, 0.4) is 0 Å². The van der Waals surface area contributed by atoms with E-state index in [1.807, 2.05) is 13.1 Å². The molecule has 6 nitrogen and oxygen atoms in total. The monoisotopic (exact) mass is 317 g/mol. The summed E-state index contributed by atoms with van der Waals surface area (Å²) in [5.74, 6) is 0.363. The summed E-state index contributed by atoms with van der Waals surface area (Å²) in [6, 6.07) is 0. The van der Waals surface area contributed by atoms with E-state index in [0.29, 0.717) is 19.0 Å². The summed E-state index contributed by atoms with van der Waals surface area (Å²) in [5.41, 5.74) is 0. The van der Waals surface area contributed by atoms with Crippen molar-refractivity contribution >= 4 is 18.3 Å². The SMILES string of the molecule is CC(C)(C)[Si](C)(C)NS(=O)(=O)c1cnn2c1OCCC2. The number of hydrogen-bond donors (Lipinski definition) is 1. The number of hydrogen-bond acceptors (Lipinski definition) is 4. The Labute approximate surface area is 121 Å². The molecule has 2 heterocycles. The van der Waals surface area contributed by atoms with Gasteiger partial charge in [0, 0.05) is 13.0 Å². The van der Waals surface area contributed by atoms with Gasteiger partial charge >= 0.3 is 0 Å². The van der Waals surface area contributed by atoms with Gasteiger partial charge in [0.15, 0.2) is 4.90 Å². The zero-order valence-electron chi connectivity index (χ0n) is 12.7. The second-order valence-corrected chi connectivity index (χ2v) is 13.7. The van der Waals surface area contributed by atoms with Gasteiger partial charge in [-0.3, -0.25) is 0 Å². The standard InChI is InChI=1S/C12H23N3O3SSi/c1-12(2,3)20(4,5)14-19(16,17)10-9-13-15-7-6-8-18-11(10)15/h9,14H,6-8H2,1-5H3. The third kappa shape index (κ3) is 2.77. The van der Waals surface area contributed by atoms with Crippen molar-refractivity contribution in [3.05, 3.63) is 6.20 Å². The van der Waals surface area contributed by atoms with E-state index in [2.05, 4.69) is 30.3 Å². The number of ether oxygens (including phenoxy) is 1. The van der Waals surface area contributed by atoms with Crippen molar-refractivity contribution in [2.75, 3.05) is 6.61 Å².